The molecule has 0 fully saturated rings. The molecule has 2 aromatic carbocycles. The summed E-state index contributed by atoms with van der Waals surface area (Å²) in [6, 6.07) is 15.3. The fourth-order valence-corrected chi connectivity index (χ4v) is 6.22. The first-order valence-corrected chi connectivity index (χ1v) is 15.4. The Labute approximate surface area is 230 Å². The molecule has 2 rings (SSSR count). The Morgan fingerprint density at radius 1 is 0.703 bits per heavy atom. The zero-order valence-corrected chi connectivity index (χ0v) is 25.6. The molecule has 0 aromatic heterocycles. The zero-order chi connectivity index (χ0) is 27.5. The summed E-state index contributed by atoms with van der Waals surface area (Å²) >= 11 is 0. The molecule has 0 saturated heterocycles. The van der Waals surface area contributed by atoms with E-state index in [0.717, 1.165) is 24.0 Å². The van der Waals surface area contributed by atoms with E-state index >= 15 is 0 Å². The molecule has 2 aromatic rings. The molecule has 1 heteroatoms. The maximum atomic E-state index is 11.6. The van der Waals surface area contributed by atoms with Gasteiger partial charge in [0.1, 0.15) is 5.75 Å². The standard InChI is InChI=1S/C36H58O/c1-9-10-11-12-13-14-15-16-17-19-22-28(2)32-25-31(36(7,8)27-35(4,5)6)26-33(34(32)37)29(3)30-23-20-18-21-24-30/h18,20-21,23-26,28-29,37H,9-17,19,22,27H2,1-8H3. The van der Waals surface area contributed by atoms with Crippen LogP contribution >= 0.6 is 0 Å². The van der Waals surface area contributed by atoms with E-state index in [1.165, 1.54) is 75.3 Å². The first-order chi connectivity index (χ1) is 17.5. The van der Waals surface area contributed by atoms with Crippen molar-refractivity contribution in [2.24, 2.45) is 5.41 Å². The van der Waals surface area contributed by atoms with Crippen molar-refractivity contribution in [2.75, 3.05) is 0 Å². The number of benzene rings is 2. The van der Waals surface area contributed by atoms with Gasteiger partial charge in [-0.25, -0.2) is 0 Å². The van der Waals surface area contributed by atoms with Gasteiger partial charge in [-0.15, -0.1) is 0 Å². The topological polar surface area (TPSA) is 20.2 Å². The van der Waals surface area contributed by atoms with E-state index in [4.69, 9.17) is 0 Å². The molecule has 0 radical (unpaired) electrons. The minimum absolute atomic E-state index is 0.0444. The second-order valence-corrected chi connectivity index (χ2v) is 13.6. The van der Waals surface area contributed by atoms with Gasteiger partial charge in [-0.2, -0.15) is 0 Å². The van der Waals surface area contributed by atoms with Crippen molar-refractivity contribution >= 4 is 0 Å². The van der Waals surface area contributed by atoms with Crippen LogP contribution in [0.4, 0.5) is 0 Å². The van der Waals surface area contributed by atoms with E-state index in [1.54, 1.807) is 0 Å². The van der Waals surface area contributed by atoms with Crippen LogP contribution in [0.3, 0.4) is 0 Å². The maximum absolute atomic E-state index is 11.6. The van der Waals surface area contributed by atoms with Crippen molar-refractivity contribution in [3.8, 4) is 5.75 Å². The van der Waals surface area contributed by atoms with Gasteiger partial charge in [0.2, 0.25) is 0 Å². The van der Waals surface area contributed by atoms with Gasteiger partial charge in [0.05, 0.1) is 0 Å². The van der Waals surface area contributed by atoms with Crippen molar-refractivity contribution in [1.29, 1.82) is 0 Å². The summed E-state index contributed by atoms with van der Waals surface area (Å²) in [6.45, 7) is 18.6. The van der Waals surface area contributed by atoms with Crippen LogP contribution in [0.1, 0.15) is 167 Å². The van der Waals surface area contributed by atoms with Crippen LogP contribution in [0, 0.1) is 5.41 Å². The maximum Gasteiger partial charge on any atom is 0.122 e. The third-order valence-corrected chi connectivity index (χ3v) is 8.21. The summed E-state index contributed by atoms with van der Waals surface area (Å²) in [5.41, 5.74) is 5.14. The van der Waals surface area contributed by atoms with Gasteiger partial charge in [-0.05, 0) is 46.3 Å². The SMILES string of the molecule is CCCCCCCCCCCCC(C)c1cc(C(C)(C)CC(C)(C)C)cc(C(C)c2ccccc2)c1O. The molecule has 0 aliphatic carbocycles. The predicted octanol–water partition coefficient (Wildman–Crippen LogP) is 11.7. The number of phenolic OH excluding ortho intramolecular Hbond substituents is 1. The Balaban J connectivity index is 2.15. The quantitative estimate of drug-likeness (QED) is 0.224. The predicted molar refractivity (Wildman–Crippen MR) is 164 cm³/mol. The lowest BCUT2D eigenvalue weighted by Crippen LogP contribution is -2.25. The molecule has 0 aliphatic heterocycles. The molecular formula is C36H58O. The van der Waals surface area contributed by atoms with Crippen LogP contribution in [0.5, 0.6) is 5.75 Å². The van der Waals surface area contributed by atoms with Crippen molar-refractivity contribution in [3.05, 3.63) is 64.7 Å². The zero-order valence-electron chi connectivity index (χ0n) is 25.6. The van der Waals surface area contributed by atoms with E-state index in [9.17, 15) is 5.11 Å². The number of aromatic hydroxyl groups is 1. The fourth-order valence-electron chi connectivity index (χ4n) is 6.22. The van der Waals surface area contributed by atoms with E-state index < -0.39 is 0 Å². The Hall–Kier alpha value is -1.76. The van der Waals surface area contributed by atoms with Crippen LogP contribution in [-0.4, -0.2) is 5.11 Å². The number of unbranched alkanes of at least 4 members (excludes halogenated alkanes) is 9. The van der Waals surface area contributed by atoms with Crippen LogP contribution < -0.4 is 0 Å². The molecule has 0 aliphatic rings. The van der Waals surface area contributed by atoms with Gasteiger partial charge in [-0.1, -0.05) is 162 Å². The average Bonchev–Trinajstić information content (AvgIpc) is 2.83. The largest absolute Gasteiger partial charge is 0.507 e. The van der Waals surface area contributed by atoms with Gasteiger partial charge in [0.15, 0.2) is 0 Å². The molecule has 1 N–H and O–H groups in total. The van der Waals surface area contributed by atoms with Crippen molar-refractivity contribution < 1.29 is 5.11 Å². The third-order valence-electron chi connectivity index (χ3n) is 8.21. The minimum atomic E-state index is 0.0444. The first-order valence-electron chi connectivity index (χ1n) is 15.4. The monoisotopic (exact) mass is 506 g/mol. The minimum Gasteiger partial charge on any atom is -0.507 e. The summed E-state index contributed by atoms with van der Waals surface area (Å²) < 4.78 is 0. The van der Waals surface area contributed by atoms with Crippen LogP contribution in [0.2, 0.25) is 0 Å². The highest BCUT2D eigenvalue weighted by molar-refractivity contribution is 5.51. The Morgan fingerprint density at radius 3 is 1.76 bits per heavy atom. The average molecular weight is 507 g/mol. The molecule has 0 amide bonds. The number of phenols is 1. The molecule has 0 spiro atoms. The lowest BCUT2D eigenvalue weighted by molar-refractivity contribution is 0.283. The van der Waals surface area contributed by atoms with Gasteiger partial charge >= 0.3 is 0 Å². The van der Waals surface area contributed by atoms with E-state index in [0.29, 0.717) is 11.7 Å². The van der Waals surface area contributed by atoms with Gasteiger partial charge in [0.25, 0.3) is 0 Å². The Morgan fingerprint density at radius 2 is 1.22 bits per heavy atom. The van der Waals surface area contributed by atoms with Crippen LogP contribution in [0.25, 0.3) is 0 Å². The molecule has 2 unspecified atom stereocenters. The summed E-state index contributed by atoms with van der Waals surface area (Å²) in [7, 11) is 0. The van der Waals surface area contributed by atoms with E-state index in [1.807, 2.05) is 0 Å². The first kappa shape index (κ1) is 31.5. The Kier molecular flexibility index (Phi) is 12.7. The molecule has 208 valence electrons. The number of hydrogen-bond acceptors (Lipinski definition) is 1. The van der Waals surface area contributed by atoms with E-state index in [2.05, 4.69) is 97.9 Å². The summed E-state index contributed by atoms with van der Waals surface area (Å²) in [6.07, 6.45) is 15.9. The van der Waals surface area contributed by atoms with Crippen LogP contribution in [0.15, 0.2) is 42.5 Å². The lowest BCUT2D eigenvalue weighted by atomic mass is 9.70. The van der Waals surface area contributed by atoms with Crippen LogP contribution in [-0.2, 0) is 5.41 Å². The number of rotatable bonds is 16. The summed E-state index contributed by atoms with van der Waals surface area (Å²) in [5, 5.41) is 11.6. The van der Waals surface area contributed by atoms with Crippen molar-refractivity contribution in [3.63, 3.8) is 0 Å². The molecule has 2 atom stereocenters. The fraction of sp³-hybridized carbons (Fsp3) is 0.667. The van der Waals surface area contributed by atoms with Crippen molar-refractivity contribution in [1.82, 2.24) is 0 Å². The highest BCUT2D eigenvalue weighted by atomic mass is 16.3. The summed E-state index contributed by atoms with van der Waals surface area (Å²) in [4.78, 5) is 0. The molecule has 0 heterocycles. The van der Waals surface area contributed by atoms with E-state index in [-0.39, 0.29) is 16.7 Å². The second-order valence-electron chi connectivity index (χ2n) is 13.6. The Bertz CT molecular complexity index is 902. The summed E-state index contributed by atoms with van der Waals surface area (Å²) in [5.74, 6) is 1.04. The smallest absolute Gasteiger partial charge is 0.122 e. The second kappa shape index (κ2) is 15.0. The lowest BCUT2D eigenvalue weighted by Gasteiger charge is -2.34. The highest BCUT2D eigenvalue weighted by Crippen LogP contribution is 2.44. The van der Waals surface area contributed by atoms with Crippen molar-refractivity contribution in [2.45, 2.75) is 150 Å². The van der Waals surface area contributed by atoms with Gasteiger partial charge < -0.3 is 5.11 Å². The third kappa shape index (κ3) is 10.5. The molecule has 0 saturated carbocycles. The molecule has 0 bridgehead atoms. The number of hydrogen-bond donors (Lipinski definition) is 1. The normalized spacial score (nSPS) is 14.1. The van der Waals surface area contributed by atoms with Gasteiger partial charge in [0, 0.05) is 11.5 Å². The molecule has 37 heavy (non-hydrogen) atoms. The highest BCUT2D eigenvalue weighted by Gasteiger charge is 2.30. The molecule has 1 nitrogen and oxygen atoms in total. The van der Waals surface area contributed by atoms with Gasteiger partial charge in [-0.3, -0.25) is 0 Å². The molecular weight excluding hydrogens is 448 g/mol.